The zero-order valence-electron chi connectivity index (χ0n) is 10.4. The molecular formula is C9H13N. The first-order valence-corrected chi connectivity index (χ1v) is 3.20. The van der Waals surface area contributed by atoms with E-state index in [2.05, 4.69) is 4.98 Å². The van der Waals surface area contributed by atoms with Crippen molar-refractivity contribution in [3.63, 3.8) is 0 Å². The van der Waals surface area contributed by atoms with Gasteiger partial charge < -0.3 is 0 Å². The summed E-state index contributed by atoms with van der Waals surface area (Å²) in [5, 5.41) is 0. The highest BCUT2D eigenvalue weighted by atomic mass is 14.6. The Kier molecular flexibility index (Phi) is 0.847. The van der Waals surface area contributed by atoms with Gasteiger partial charge in [0.2, 0.25) is 0 Å². The van der Waals surface area contributed by atoms with Crippen LogP contribution in [0.5, 0.6) is 0 Å². The van der Waals surface area contributed by atoms with E-state index in [-0.39, 0.29) is 24.4 Å². The van der Waals surface area contributed by atoms with E-state index < -0.39 is 5.41 Å². The summed E-state index contributed by atoms with van der Waals surface area (Å²) in [5.41, 5.74) is 0.0189. The van der Waals surface area contributed by atoms with Crippen molar-refractivity contribution < 1.29 is 5.48 Å². The Morgan fingerprint density at radius 2 is 1.80 bits per heavy atom. The molecule has 0 aliphatic heterocycles. The molecule has 1 aromatic rings. The lowest BCUT2D eigenvalue weighted by atomic mass is 9.88. The van der Waals surface area contributed by atoms with Crippen LogP contribution in [0.1, 0.15) is 31.8 Å². The van der Waals surface area contributed by atoms with E-state index in [1.165, 1.54) is 0 Å². The van der Waals surface area contributed by atoms with Gasteiger partial charge in [-0.1, -0.05) is 20.8 Å². The minimum absolute atomic E-state index is 0.0431. The van der Waals surface area contributed by atoms with E-state index in [9.17, 15) is 0 Å². The SMILES string of the molecule is [2H]c1nc([2H])c([2H])c(C(C)(C)C)c1[2H]. The summed E-state index contributed by atoms with van der Waals surface area (Å²) in [6.07, 6.45) is -0.452. The Balaban J connectivity index is 3.56. The van der Waals surface area contributed by atoms with E-state index in [1.54, 1.807) is 0 Å². The predicted molar refractivity (Wildman–Crippen MR) is 42.9 cm³/mol. The molecule has 0 bridgehead atoms. The maximum Gasteiger partial charge on any atom is 0.0840 e. The first-order chi connectivity index (χ1) is 6.25. The molecule has 1 rings (SSSR count). The molecule has 0 amide bonds. The van der Waals surface area contributed by atoms with Crippen molar-refractivity contribution in [1.82, 2.24) is 4.98 Å². The van der Waals surface area contributed by atoms with Gasteiger partial charge in [0.15, 0.2) is 0 Å². The second kappa shape index (κ2) is 2.41. The lowest BCUT2D eigenvalue weighted by Gasteiger charge is -2.17. The first kappa shape index (κ1) is 3.51. The van der Waals surface area contributed by atoms with E-state index in [1.807, 2.05) is 20.8 Å². The summed E-state index contributed by atoms with van der Waals surface area (Å²) in [4.78, 5) is 3.51. The van der Waals surface area contributed by atoms with Crippen molar-refractivity contribution in [3.8, 4) is 0 Å². The minimum atomic E-state index is -0.400. The fourth-order valence-corrected chi connectivity index (χ4v) is 0.602. The van der Waals surface area contributed by atoms with E-state index in [4.69, 9.17) is 5.48 Å². The molecule has 0 aromatic carbocycles. The van der Waals surface area contributed by atoms with Gasteiger partial charge in [-0.05, 0) is 23.1 Å². The molecule has 0 radical (unpaired) electrons. The normalized spacial score (nSPS) is 17.1. The van der Waals surface area contributed by atoms with Crippen LogP contribution in [0, 0.1) is 0 Å². The monoisotopic (exact) mass is 139 g/mol. The number of hydrogen-bond donors (Lipinski definition) is 0. The predicted octanol–water partition coefficient (Wildman–Crippen LogP) is 2.38. The summed E-state index contributed by atoms with van der Waals surface area (Å²) < 4.78 is 30.0. The summed E-state index contributed by atoms with van der Waals surface area (Å²) >= 11 is 0. The molecule has 1 aromatic heterocycles. The Morgan fingerprint density at radius 1 is 1.30 bits per heavy atom. The highest BCUT2D eigenvalue weighted by molar-refractivity contribution is 5.18. The van der Waals surface area contributed by atoms with Gasteiger partial charge in [0, 0.05) is 12.3 Å². The molecule has 0 spiro atoms. The van der Waals surface area contributed by atoms with Crippen molar-refractivity contribution in [2.24, 2.45) is 0 Å². The van der Waals surface area contributed by atoms with Crippen molar-refractivity contribution in [1.29, 1.82) is 0 Å². The molecule has 0 N–H and O–H groups in total. The second-order valence-corrected chi connectivity index (χ2v) is 3.21. The molecule has 0 saturated heterocycles. The summed E-state index contributed by atoms with van der Waals surface area (Å²) in [6, 6.07) is -0.0861. The molecule has 54 valence electrons. The lowest BCUT2D eigenvalue weighted by Crippen LogP contribution is -2.10. The van der Waals surface area contributed by atoms with Crippen LogP contribution in [0.15, 0.2) is 24.4 Å². The highest BCUT2D eigenvalue weighted by Crippen LogP contribution is 2.20. The van der Waals surface area contributed by atoms with Crippen molar-refractivity contribution >= 4 is 0 Å². The van der Waals surface area contributed by atoms with Gasteiger partial charge in [-0.25, -0.2) is 0 Å². The Labute approximate surface area is 67.7 Å². The van der Waals surface area contributed by atoms with Crippen molar-refractivity contribution in [3.05, 3.63) is 30.0 Å². The molecule has 0 aliphatic carbocycles. The van der Waals surface area contributed by atoms with E-state index >= 15 is 0 Å². The van der Waals surface area contributed by atoms with Gasteiger partial charge in [-0.2, -0.15) is 0 Å². The fraction of sp³-hybridized carbons (Fsp3) is 0.444. The molecular weight excluding hydrogens is 122 g/mol. The molecule has 1 heteroatoms. The largest absolute Gasteiger partial charge is 0.265 e. The minimum Gasteiger partial charge on any atom is -0.265 e. The lowest BCUT2D eigenvalue weighted by molar-refractivity contribution is 0.589. The average Bonchev–Trinajstić information content (AvgIpc) is 1.98. The number of pyridine rings is 1. The third-order valence-electron chi connectivity index (χ3n) is 1.22. The maximum absolute atomic E-state index is 7.64. The molecule has 0 aliphatic rings. The fourth-order valence-electron chi connectivity index (χ4n) is 0.602. The van der Waals surface area contributed by atoms with E-state index in [0.29, 0.717) is 5.56 Å². The first-order valence-electron chi connectivity index (χ1n) is 5.20. The molecule has 0 saturated carbocycles. The zero-order chi connectivity index (χ0) is 11.1. The number of nitrogens with zero attached hydrogens (tertiary/aromatic N) is 1. The third kappa shape index (κ3) is 1.56. The van der Waals surface area contributed by atoms with Crippen LogP contribution < -0.4 is 0 Å². The van der Waals surface area contributed by atoms with Crippen molar-refractivity contribution in [2.75, 3.05) is 0 Å². The van der Waals surface area contributed by atoms with Gasteiger partial charge in [0.05, 0.1) is 5.48 Å². The van der Waals surface area contributed by atoms with Gasteiger partial charge in [-0.15, -0.1) is 0 Å². The van der Waals surface area contributed by atoms with Crippen LogP contribution in [0.25, 0.3) is 0 Å². The zero-order valence-corrected chi connectivity index (χ0v) is 6.45. The molecule has 1 heterocycles. The van der Waals surface area contributed by atoms with Crippen LogP contribution in [0.3, 0.4) is 0 Å². The summed E-state index contributed by atoms with van der Waals surface area (Å²) in [7, 11) is 0. The van der Waals surface area contributed by atoms with Crippen LogP contribution in [0.2, 0.25) is 0 Å². The molecule has 0 atom stereocenters. The van der Waals surface area contributed by atoms with Gasteiger partial charge >= 0.3 is 0 Å². The molecule has 0 fully saturated rings. The van der Waals surface area contributed by atoms with Crippen LogP contribution in [-0.2, 0) is 5.41 Å². The third-order valence-corrected chi connectivity index (χ3v) is 1.22. The van der Waals surface area contributed by atoms with Crippen LogP contribution >= 0.6 is 0 Å². The smallest absolute Gasteiger partial charge is 0.0840 e. The average molecular weight is 139 g/mol. The Morgan fingerprint density at radius 3 is 2.20 bits per heavy atom. The standard InChI is InChI=1S/C9H13N/c1-9(2,3)8-4-6-10-7-5-8/h4-7H,1-3H3/i4D,5D,6D,7D. The van der Waals surface area contributed by atoms with Crippen LogP contribution in [-0.4, -0.2) is 4.98 Å². The van der Waals surface area contributed by atoms with Crippen LogP contribution in [0.4, 0.5) is 0 Å². The number of aromatic nitrogens is 1. The van der Waals surface area contributed by atoms with E-state index in [0.717, 1.165) is 0 Å². The van der Waals surface area contributed by atoms with Gasteiger partial charge in [-0.3, -0.25) is 4.98 Å². The second-order valence-electron chi connectivity index (χ2n) is 3.21. The molecule has 10 heavy (non-hydrogen) atoms. The topological polar surface area (TPSA) is 12.9 Å². The molecule has 0 unspecified atom stereocenters. The van der Waals surface area contributed by atoms with Crippen molar-refractivity contribution in [2.45, 2.75) is 26.2 Å². The summed E-state index contributed by atoms with van der Waals surface area (Å²) in [5.74, 6) is 0. The molecule has 1 nitrogen and oxygen atoms in total. The maximum atomic E-state index is 7.64. The van der Waals surface area contributed by atoms with Gasteiger partial charge in [0.1, 0.15) is 0 Å². The Hall–Kier alpha value is -0.850. The van der Waals surface area contributed by atoms with Gasteiger partial charge in [0.25, 0.3) is 0 Å². The highest BCUT2D eigenvalue weighted by Gasteiger charge is 2.11. The number of rotatable bonds is 0. The Bertz CT molecular complexity index is 342. The quantitative estimate of drug-likeness (QED) is 0.537. The summed E-state index contributed by atoms with van der Waals surface area (Å²) in [6.45, 7) is 5.58. The number of hydrogen-bond acceptors (Lipinski definition) is 1.